The van der Waals surface area contributed by atoms with E-state index < -0.39 is 6.23 Å². The van der Waals surface area contributed by atoms with Crippen molar-refractivity contribution in [1.82, 2.24) is 5.01 Å². The highest BCUT2D eigenvalue weighted by atomic mass is 79.9. The van der Waals surface area contributed by atoms with E-state index in [9.17, 15) is 0 Å². The lowest BCUT2D eigenvalue weighted by Gasteiger charge is -2.38. The summed E-state index contributed by atoms with van der Waals surface area (Å²) in [6.07, 6.45) is 3.65. The monoisotopic (exact) mass is 632 g/mol. The number of hydrazone groups is 1. The Kier molecular flexibility index (Phi) is 7.79. The van der Waals surface area contributed by atoms with Crippen LogP contribution < -0.4 is 14.2 Å². The van der Waals surface area contributed by atoms with E-state index in [1.165, 1.54) is 0 Å². The molecule has 0 saturated carbocycles. The van der Waals surface area contributed by atoms with E-state index in [0.29, 0.717) is 17.4 Å². The van der Waals surface area contributed by atoms with Crippen molar-refractivity contribution in [3.05, 3.63) is 85.3 Å². The van der Waals surface area contributed by atoms with Crippen molar-refractivity contribution in [2.75, 3.05) is 13.7 Å². The van der Waals surface area contributed by atoms with Gasteiger partial charge >= 0.3 is 0 Å². The summed E-state index contributed by atoms with van der Waals surface area (Å²) in [5.74, 6) is 2.25. The molecule has 8 heteroatoms. The van der Waals surface area contributed by atoms with Gasteiger partial charge in [-0.15, -0.1) is 0 Å². The number of benzene rings is 3. The maximum absolute atomic E-state index is 6.61. The van der Waals surface area contributed by atoms with Crippen LogP contribution in [0.4, 0.5) is 0 Å². The van der Waals surface area contributed by atoms with E-state index in [1.807, 2.05) is 48.5 Å². The second kappa shape index (κ2) is 11.0. The number of hydrogen-bond acceptors (Lipinski definition) is 5. The fourth-order valence-corrected chi connectivity index (χ4v) is 6.12. The molecule has 5 nitrogen and oxygen atoms in total. The number of rotatable bonds is 8. The molecule has 0 bridgehead atoms. The molecule has 2 heterocycles. The van der Waals surface area contributed by atoms with E-state index in [0.717, 1.165) is 68.5 Å². The van der Waals surface area contributed by atoms with Crippen molar-refractivity contribution < 1.29 is 14.2 Å². The van der Waals surface area contributed by atoms with Crippen molar-refractivity contribution in [2.24, 2.45) is 5.10 Å². The minimum Gasteiger partial charge on any atom is -0.493 e. The second-order valence-electron chi connectivity index (χ2n) is 8.90. The zero-order chi connectivity index (χ0) is 25.2. The predicted molar refractivity (Wildman–Crippen MR) is 150 cm³/mol. The van der Waals surface area contributed by atoms with Gasteiger partial charge in [-0.2, -0.15) is 5.10 Å². The van der Waals surface area contributed by atoms with Crippen molar-refractivity contribution in [3.8, 4) is 17.2 Å². The van der Waals surface area contributed by atoms with Crippen LogP contribution in [0.25, 0.3) is 0 Å². The van der Waals surface area contributed by atoms with Gasteiger partial charge in [-0.25, -0.2) is 5.01 Å². The number of methoxy groups -OCH3 is 1. The van der Waals surface area contributed by atoms with Gasteiger partial charge in [0.05, 0.1) is 29.9 Å². The summed E-state index contributed by atoms with van der Waals surface area (Å²) < 4.78 is 20.2. The van der Waals surface area contributed by atoms with Crippen LogP contribution in [0, 0.1) is 0 Å². The number of fused-ring (bicyclic) bond motifs is 3. The smallest absolute Gasteiger partial charge is 0.214 e. The molecular formula is C28H27Br2ClN2O3. The first-order chi connectivity index (χ1) is 17.5. The molecule has 3 aromatic rings. The topological polar surface area (TPSA) is 43.3 Å². The lowest BCUT2D eigenvalue weighted by Crippen LogP contribution is -2.34. The van der Waals surface area contributed by atoms with Crippen LogP contribution >= 0.6 is 43.5 Å². The molecule has 36 heavy (non-hydrogen) atoms. The molecule has 0 aromatic heterocycles. The fraction of sp³-hybridized carbons (Fsp3) is 0.321. The van der Waals surface area contributed by atoms with Crippen LogP contribution in [0.5, 0.6) is 17.2 Å². The highest BCUT2D eigenvalue weighted by molar-refractivity contribution is 9.11. The first-order valence-electron chi connectivity index (χ1n) is 12.1. The van der Waals surface area contributed by atoms with Gasteiger partial charge in [0.1, 0.15) is 5.75 Å². The molecule has 0 spiro atoms. The van der Waals surface area contributed by atoms with Crippen LogP contribution in [0.15, 0.2) is 68.6 Å². The van der Waals surface area contributed by atoms with Crippen molar-refractivity contribution >= 4 is 49.2 Å². The summed E-state index contributed by atoms with van der Waals surface area (Å²) in [5.41, 5.74) is 4.08. The Bertz CT molecular complexity index is 1280. The van der Waals surface area contributed by atoms with Gasteiger partial charge in [-0.05, 0) is 70.4 Å². The molecule has 2 aliphatic rings. The summed E-state index contributed by atoms with van der Waals surface area (Å²) in [4.78, 5) is 0. The van der Waals surface area contributed by atoms with Gasteiger partial charge in [0, 0.05) is 27.0 Å². The molecule has 0 saturated heterocycles. The van der Waals surface area contributed by atoms with Crippen molar-refractivity contribution in [3.63, 3.8) is 0 Å². The Morgan fingerprint density at radius 2 is 1.86 bits per heavy atom. The normalized spacial score (nSPS) is 18.2. The maximum Gasteiger partial charge on any atom is 0.214 e. The molecule has 0 amide bonds. The highest BCUT2D eigenvalue weighted by Gasteiger charge is 2.42. The molecule has 0 fully saturated rings. The minimum absolute atomic E-state index is 0.0224. The SMILES string of the molecule is CCCCCOc1ccc([C@H]2Oc3c(Br)cc(Br)cc3[C@H]3CC(c4ccc(Cl)cc4)=NN32)cc1OC. The Labute approximate surface area is 233 Å². The summed E-state index contributed by atoms with van der Waals surface area (Å²) in [6, 6.07) is 18.0. The molecule has 188 valence electrons. The molecule has 2 aliphatic heterocycles. The third-order valence-electron chi connectivity index (χ3n) is 6.46. The van der Waals surface area contributed by atoms with Gasteiger partial charge in [-0.3, -0.25) is 0 Å². The Hall–Kier alpha value is -2.22. The zero-order valence-electron chi connectivity index (χ0n) is 20.1. The summed E-state index contributed by atoms with van der Waals surface area (Å²) in [6.45, 7) is 2.85. The van der Waals surface area contributed by atoms with Crippen LogP contribution in [0.2, 0.25) is 5.02 Å². The molecule has 2 atom stereocenters. The molecule has 0 radical (unpaired) electrons. The van der Waals surface area contributed by atoms with Gasteiger partial charge in [0.25, 0.3) is 0 Å². The summed E-state index contributed by atoms with van der Waals surface area (Å²) >= 11 is 13.5. The molecule has 0 unspecified atom stereocenters. The van der Waals surface area contributed by atoms with E-state index >= 15 is 0 Å². The minimum atomic E-state index is -0.423. The van der Waals surface area contributed by atoms with Gasteiger partial charge in [0.2, 0.25) is 6.23 Å². The average molecular weight is 635 g/mol. The molecule has 0 aliphatic carbocycles. The quantitative estimate of drug-likeness (QED) is 0.233. The third kappa shape index (κ3) is 5.11. The van der Waals surface area contributed by atoms with E-state index in [1.54, 1.807) is 7.11 Å². The van der Waals surface area contributed by atoms with E-state index in [-0.39, 0.29) is 6.04 Å². The first kappa shape index (κ1) is 25.4. The van der Waals surface area contributed by atoms with Crippen LogP contribution in [0.3, 0.4) is 0 Å². The van der Waals surface area contributed by atoms with E-state index in [2.05, 4.69) is 49.9 Å². The van der Waals surface area contributed by atoms with Crippen molar-refractivity contribution in [2.45, 2.75) is 44.9 Å². The lowest BCUT2D eigenvalue weighted by atomic mass is 9.96. The van der Waals surface area contributed by atoms with Crippen molar-refractivity contribution in [1.29, 1.82) is 0 Å². The molecule has 5 rings (SSSR count). The Balaban J connectivity index is 1.52. The second-order valence-corrected chi connectivity index (χ2v) is 11.1. The van der Waals surface area contributed by atoms with Gasteiger partial charge < -0.3 is 14.2 Å². The number of ether oxygens (including phenoxy) is 3. The molecule has 0 N–H and O–H groups in total. The largest absolute Gasteiger partial charge is 0.493 e. The number of hydrogen-bond donors (Lipinski definition) is 0. The standard InChI is InChI=1S/C28H27Br2ClN2O3/c1-3-4-5-12-35-25-11-8-18(13-26(25)34-2)28-33-24(21-14-19(29)15-22(30)27(21)36-28)16-23(32-33)17-6-9-20(31)10-7-17/h6-11,13-15,24,28H,3-5,12,16H2,1-2H3/t24-,28-/m1/s1. The van der Waals surface area contributed by atoms with Crippen LogP contribution in [0.1, 0.15) is 61.6 Å². The number of nitrogens with zero attached hydrogens (tertiary/aromatic N) is 2. The summed E-state index contributed by atoms with van der Waals surface area (Å²) in [7, 11) is 1.67. The van der Waals surface area contributed by atoms with Crippen LogP contribution in [-0.2, 0) is 0 Å². The van der Waals surface area contributed by atoms with E-state index in [4.69, 9.17) is 30.9 Å². The third-order valence-corrected chi connectivity index (χ3v) is 7.76. The van der Waals surface area contributed by atoms with Gasteiger partial charge in [0.15, 0.2) is 11.5 Å². The number of halogens is 3. The number of unbranched alkanes of at least 4 members (excludes halogenated alkanes) is 2. The first-order valence-corrected chi connectivity index (χ1v) is 14.0. The van der Waals surface area contributed by atoms with Gasteiger partial charge in [-0.1, -0.05) is 59.4 Å². The maximum atomic E-state index is 6.61. The zero-order valence-corrected chi connectivity index (χ0v) is 24.1. The molecular weight excluding hydrogens is 608 g/mol. The Morgan fingerprint density at radius 1 is 1.06 bits per heavy atom. The predicted octanol–water partition coefficient (Wildman–Crippen LogP) is 8.68. The average Bonchev–Trinajstić information content (AvgIpc) is 3.33. The van der Waals surface area contributed by atoms with Crippen LogP contribution in [-0.4, -0.2) is 24.4 Å². The lowest BCUT2D eigenvalue weighted by molar-refractivity contribution is -0.0198. The highest BCUT2D eigenvalue weighted by Crippen LogP contribution is 2.51. The fourth-order valence-electron chi connectivity index (χ4n) is 4.64. The molecule has 3 aromatic carbocycles. The summed E-state index contributed by atoms with van der Waals surface area (Å²) in [5, 5.41) is 7.82. The Morgan fingerprint density at radius 3 is 2.61 bits per heavy atom.